The monoisotopic (exact) mass is 1400 g/mol. The predicted octanol–water partition coefficient (Wildman–Crippen LogP) is 0.293. The lowest BCUT2D eigenvalue weighted by Gasteiger charge is -2.25. The van der Waals surface area contributed by atoms with E-state index in [1.54, 1.807) is 24.2 Å². The average Bonchev–Trinajstić information content (AvgIpc) is 1.79. The van der Waals surface area contributed by atoms with Crippen LogP contribution in [-0.4, -0.2) is 195 Å². The first-order valence-corrected chi connectivity index (χ1v) is 29.9. The van der Waals surface area contributed by atoms with E-state index in [1.807, 2.05) is 54.7 Å². The molecule has 31 nitrogen and oxygen atoms in total. The smallest absolute Gasteiger partial charge is 0.407 e. The van der Waals surface area contributed by atoms with Gasteiger partial charge in [0.1, 0.15) is 29.3 Å². The highest BCUT2D eigenvalue weighted by molar-refractivity contribution is 8.03. The van der Waals surface area contributed by atoms with Crippen LogP contribution in [0.4, 0.5) is 15.3 Å². The van der Waals surface area contributed by atoms with Gasteiger partial charge in [0.25, 0.3) is 0 Å². The van der Waals surface area contributed by atoms with Crippen molar-refractivity contribution in [3.63, 3.8) is 0 Å². The third-order valence-corrected chi connectivity index (χ3v) is 15.2. The fourth-order valence-corrected chi connectivity index (χ4v) is 10.9. The second kappa shape index (κ2) is 38.0. The van der Waals surface area contributed by atoms with Crippen LogP contribution >= 0.6 is 11.8 Å². The minimum absolute atomic E-state index is 0. The van der Waals surface area contributed by atoms with E-state index in [0.717, 1.165) is 41.9 Å². The number of amides is 3. The largest absolute Gasteiger partial charge is 1.00 e. The van der Waals surface area contributed by atoms with Crippen molar-refractivity contribution < 1.29 is 117 Å². The number of ether oxygens (including phenoxy) is 2. The number of carboxylic acids is 6. The van der Waals surface area contributed by atoms with E-state index in [4.69, 9.17) is 29.9 Å². The van der Waals surface area contributed by atoms with Gasteiger partial charge in [-0.1, -0.05) is 59.3 Å². The van der Waals surface area contributed by atoms with Crippen LogP contribution in [0.5, 0.6) is 0 Å². The number of nitrogens with zero attached hydrogens (tertiary/aromatic N) is 10. The Bertz CT molecular complexity index is 3320. The molecule has 33 heteroatoms. The van der Waals surface area contributed by atoms with Crippen LogP contribution in [0.1, 0.15) is 94.0 Å². The highest BCUT2D eigenvalue weighted by atomic mass is 127. The summed E-state index contributed by atoms with van der Waals surface area (Å²) in [5.41, 5.74) is 3.89. The van der Waals surface area contributed by atoms with Crippen molar-refractivity contribution in [2.45, 2.75) is 127 Å². The molecule has 6 rings (SSSR count). The number of halogens is 1. The van der Waals surface area contributed by atoms with Crippen LogP contribution in [0.2, 0.25) is 0 Å². The molecule has 0 aliphatic carbocycles. The van der Waals surface area contributed by atoms with Crippen LogP contribution in [0.15, 0.2) is 83.1 Å². The molecule has 1 aliphatic heterocycles. The lowest BCUT2D eigenvalue weighted by atomic mass is 10.0. The number of pyridine rings is 1. The Morgan fingerprint density at radius 2 is 1.13 bits per heavy atom. The number of carbonyl (C=O) groups excluding carboxylic acids is 4. The fraction of sp³-hybridized carbons (Fsp3) is 0.466. The topological polar surface area (TPSA) is 422 Å². The summed E-state index contributed by atoms with van der Waals surface area (Å²) in [6.07, 6.45) is 9.54. The van der Waals surface area contributed by atoms with Gasteiger partial charge < -0.3 is 84.9 Å². The van der Waals surface area contributed by atoms with Crippen LogP contribution in [0, 0.1) is 0 Å². The quantitative estimate of drug-likeness (QED) is 0.0144. The number of thioether (sulfide) groups is 1. The molecule has 2 atom stereocenters. The van der Waals surface area contributed by atoms with Gasteiger partial charge in [-0.2, -0.15) is 4.57 Å². The number of aromatic nitrogens is 7. The third-order valence-electron chi connectivity index (χ3n) is 14.1. The number of anilines is 1. The zero-order chi connectivity index (χ0) is 65.0. The van der Waals surface area contributed by atoms with Gasteiger partial charge in [-0.15, -0.1) is 10.2 Å². The number of carbonyl (C=O) groups is 10. The number of hydrogen-bond donors (Lipinski definition) is 9. The van der Waals surface area contributed by atoms with Crippen molar-refractivity contribution in [3.8, 4) is 0 Å². The number of unbranched alkanes of at least 4 members (excludes halogenated alkanes) is 3. The zero-order valence-corrected chi connectivity index (χ0v) is 52.7. The van der Waals surface area contributed by atoms with Crippen LogP contribution < -0.4 is 49.4 Å². The highest BCUT2D eigenvalue weighted by Crippen LogP contribution is 2.46. The predicted molar refractivity (Wildman–Crippen MR) is 318 cm³/mol. The first-order chi connectivity index (χ1) is 43.2. The van der Waals surface area contributed by atoms with Gasteiger partial charge in [0.2, 0.25) is 11.4 Å². The molecule has 1 aliphatic rings. The molecule has 0 bridgehead atoms. The second-order valence-electron chi connectivity index (χ2n) is 20.9. The first kappa shape index (κ1) is 72.9. The number of carboxylic acid groups (broad SMARTS) is 6. The van der Waals surface area contributed by atoms with E-state index >= 15 is 0 Å². The van der Waals surface area contributed by atoms with E-state index in [-0.39, 0.29) is 114 Å². The van der Waals surface area contributed by atoms with Crippen molar-refractivity contribution in [1.82, 2.24) is 55.7 Å². The summed E-state index contributed by atoms with van der Waals surface area (Å²) in [6, 6.07) is 15.5. The molecule has 0 saturated heterocycles. The number of aliphatic carboxylic acids is 6. The van der Waals surface area contributed by atoms with Gasteiger partial charge in [0, 0.05) is 62.3 Å². The highest BCUT2D eigenvalue weighted by Gasteiger charge is 2.31. The zero-order valence-electron chi connectivity index (χ0n) is 49.7. The minimum Gasteiger partial charge on any atom is -1.00 e. The van der Waals surface area contributed by atoms with Gasteiger partial charge in [-0.05, 0) is 68.4 Å². The van der Waals surface area contributed by atoms with Crippen molar-refractivity contribution in [3.05, 3.63) is 95.2 Å². The number of nitrogens with one attached hydrogen (secondary N) is 3. The van der Waals surface area contributed by atoms with Crippen LogP contribution in [-0.2, 0) is 80.6 Å². The molecule has 91 heavy (non-hydrogen) atoms. The summed E-state index contributed by atoms with van der Waals surface area (Å²) < 4.78 is 16.0. The maximum absolute atomic E-state index is 12.7. The summed E-state index contributed by atoms with van der Waals surface area (Å²) in [5, 5.41) is 81.7. The number of aryl methyl sites for hydroxylation is 3. The molecule has 5 aromatic rings. The molecule has 0 radical (unpaired) electrons. The summed E-state index contributed by atoms with van der Waals surface area (Å²) in [7, 11) is 0. The van der Waals surface area contributed by atoms with Gasteiger partial charge in [-0.25, -0.2) is 9.59 Å². The minimum atomic E-state index is -1.35. The number of alkyl carbamates (subject to hydrolysis) is 2. The maximum atomic E-state index is 12.7. The lowest BCUT2D eigenvalue weighted by Crippen LogP contribution is -3.00. The number of benzene rings is 2. The molecule has 0 fully saturated rings. The van der Waals surface area contributed by atoms with Gasteiger partial charge in [-0.3, -0.25) is 57.5 Å². The Hall–Kier alpha value is -8.83. The molecule has 3 amide bonds. The second-order valence-corrected chi connectivity index (χ2v) is 22.0. The summed E-state index contributed by atoms with van der Waals surface area (Å²) in [6.45, 7) is -0.832. The van der Waals surface area contributed by atoms with Crippen LogP contribution in [0.25, 0.3) is 17.0 Å². The molecule has 2 unspecified atom stereocenters. The number of hydrogen-bond acceptors (Lipinski definition) is 20. The molecule has 9 N–H and O–H groups in total. The van der Waals surface area contributed by atoms with E-state index < -0.39 is 86.3 Å². The van der Waals surface area contributed by atoms with E-state index in [2.05, 4.69) is 58.2 Å². The molecule has 2 aromatic carbocycles. The standard InChI is InChI=1S/C58H73N13O18S.HI/c72-42(12-2-1-3-16-46(55(82)83)67(35-51(74)75)36-52(76)77)20-26-69-33-40(62-64-69)31-61-58(87)89-29-11-24-71-45-15-6-7-18-48(45)90-50(71)30-39-19-25-66(44-14-5-4-13-43(39)44)23-10-28-88-57(86)60-32-41-34-70(65-63-41)27-21-49(73)59-22-9-8-17-47(56(84)85)68(37-53(78)79)38-54(80)81;/h4-7,13-15,18-19,25,30,33-34,46-47H,1-3,8-12,16-17,20-24,26-29,31-32,35-38H2,(H8-,59,60,61,73,74,75,76,77,78,79,80,81,82,83,84,85,86,87);1H. The molecule has 0 spiro atoms. The lowest BCUT2D eigenvalue weighted by molar-refractivity contribution is -0.672. The summed E-state index contributed by atoms with van der Waals surface area (Å²) in [5.74, 6) is -8.38. The Kier molecular flexibility index (Phi) is 30.4. The molecule has 492 valence electrons. The van der Waals surface area contributed by atoms with Crippen molar-refractivity contribution in [2.75, 3.05) is 57.4 Å². The first-order valence-electron chi connectivity index (χ1n) is 29.1. The number of para-hydroxylation sites is 2. The average molecular weight is 1400 g/mol. The Morgan fingerprint density at radius 1 is 0.593 bits per heavy atom. The number of rotatable bonds is 42. The van der Waals surface area contributed by atoms with Crippen molar-refractivity contribution in [1.29, 1.82) is 0 Å². The van der Waals surface area contributed by atoms with E-state index in [9.17, 15) is 58.2 Å². The Balaban J connectivity index is 0.0000150. The molecule has 3 aromatic heterocycles. The van der Waals surface area contributed by atoms with Crippen LogP contribution in [0.3, 0.4) is 0 Å². The van der Waals surface area contributed by atoms with Gasteiger partial charge in [0.05, 0.1) is 87.5 Å². The maximum Gasteiger partial charge on any atom is 0.407 e. The van der Waals surface area contributed by atoms with Gasteiger partial charge in [0.15, 0.2) is 12.7 Å². The molecular formula is C58H74IN13O18S. The van der Waals surface area contributed by atoms with E-state index in [0.29, 0.717) is 69.4 Å². The Labute approximate surface area is 543 Å². The van der Waals surface area contributed by atoms with Crippen molar-refractivity contribution in [2.24, 2.45) is 0 Å². The summed E-state index contributed by atoms with van der Waals surface area (Å²) >= 11 is 1.64. The normalized spacial score (nSPS) is 12.9. The number of fused-ring (bicyclic) bond motifs is 2. The SMILES string of the molecule is O=C(O)CN(CC(=O)O)C(CCCCCC(=O)CCn1cc(CNC(=O)OCCCN2C(=Cc3cc[n+](CCCOC(=O)NCc4cn(CCC(=O)NCCCCC(C(=O)O)N(CC(=O)O)CC(=O)O)nn4)c4ccccc34)Sc3ccccc32)nn1)C(=O)O.[I-]. The molecule has 0 saturated carbocycles. The number of ketones is 1. The fourth-order valence-electron chi connectivity index (χ4n) is 9.79. The Morgan fingerprint density at radius 3 is 1.71 bits per heavy atom. The summed E-state index contributed by atoms with van der Waals surface area (Å²) in [4.78, 5) is 123. The molecule has 4 heterocycles. The van der Waals surface area contributed by atoms with E-state index in [1.165, 1.54) is 9.36 Å². The van der Waals surface area contributed by atoms with Crippen molar-refractivity contribution >= 4 is 94.1 Å². The third kappa shape index (κ3) is 25.2. The van der Waals surface area contributed by atoms with Gasteiger partial charge >= 0.3 is 48.0 Å². The molecular weight excluding hydrogens is 1330 g/mol. The number of Topliss-reactive ketones (excluding diaryl/α,β-unsaturated/α-hetero) is 1.